The van der Waals surface area contributed by atoms with E-state index in [2.05, 4.69) is 62.7 Å². The van der Waals surface area contributed by atoms with Crippen LogP contribution in [0, 0.1) is 0 Å². The highest BCUT2D eigenvalue weighted by atomic mass is 32.2. The van der Waals surface area contributed by atoms with Crippen LogP contribution in [0.4, 0.5) is 11.4 Å². The van der Waals surface area contributed by atoms with E-state index < -0.39 is 11.3 Å². The number of nitrogens with zero attached hydrogens (tertiary/aromatic N) is 3. The van der Waals surface area contributed by atoms with Crippen LogP contribution in [-0.2, 0) is 23.1 Å². The number of nitrogens with one attached hydrogen (secondary N) is 3. The highest BCUT2D eigenvalue weighted by Crippen LogP contribution is 2.33. The Morgan fingerprint density at radius 3 is 1.80 bits per heavy atom. The lowest BCUT2D eigenvalue weighted by atomic mass is 9.93. The number of carbonyl (C=O) groups excluding carboxylic acids is 1. The van der Waals surface area contributed by atoms with Crippen LogP contribution in [-0.4, -0.2) is 43.1 Å². The molecule has 0 aliphatic rings. The van der Waals surface area contributed by atoms with Gasteiger partial charge in [0.05, 0.1) is 24.6 Å². The number of hydrogen-bond acceptors (Lipinski definition) is 7. The van der Waals surface area contributed by atoms with Crippen LogP contribution in [0.15, 0.2) is 66.7 Å². The molecule has 2 heterocycles. The third kappa shape index (κ3) is 19.8. The van der Waals surface area contributed by atoms with Gasteiger partial charge < -0.3 is 19.0 Å². The summed E-state index contributed by atoms with van der Waals surface area (Å²) in [7, 11) is 0. The minimum Gasteiger partial charge on any atom is -0.491 e. The predicted molar refractivity (Wildman–Crippen MR) is 287 cm³/mol. The largest absolute Gasteiger partial charge is 0.491 e. The topological polar surface area (TPSA) is 132 Å². The monoisotopic (exact) mass is 967 g/mol. The first kappa shape index (κ1) is 55.1. The summed E-state index contributed by atoms with van der Waals surface area (Å²) in [6.45, 7) is 14.2. The van der Waals surface area contributed by atoms with Crippen LogP contribution in [0.5, 0.6) is 17.2 Å². The molecule has 12 heteroatoms. The van der Waals surface area contributed by atoms with Gasteiger partial charge >= 0.3 is 11.3 Å². The molecule has 69 heavy (non-hydrogen) atoms. The number of aryl methyl sites for hydroxylation is 1. The zero-order valence-electron chi connectivity index (χ0n) is 43.2. The first-order valence-electron chi connectivity index (χ1n) is 26.8. The van der Waals surface area contributed by atoms with E-state index in [9.17, 15) is 9.00 Å². The minimum atomic E-state index is -2.06. The maximum Gasteiger partial charge on any atom is 0.316 e. The second-order valence-electron chi connectivity index (χ2n) is 19.9. The summed E-state index contributed by atoms with van der Waals surface area (Å²) in [6.07, 6.45) is 30.4. The molecule has 5 rings (SSSR count). The minimum absolute atomic E-state index is 0.124. The molecule has 0 bridgehead atoms. The normalized spacial score (nSPS) is 12.1. The number of rotatable bonds is 36. The molecule has 2 aromatic heterocycles. The van der Waals surface area contributed by atoms with Gasteiger partial charge in [-0.25, -0.2) is 4.98 Å². The van der Waals surface area contributed by atoms with E-state index in [0.29, 0.717) is 64.4 Å². The molecule has 0 saturated heterocycles. The van der Waals surface area contributed by atoms with Gasteiger partial charge in [-0.2, -0.15) is 8.84 Å². The lowest BCUT2D eigenvalue weighted by Gasteiger charge is -2.15. The molecular formula is C57H86N6O5S. The summed E-state index contributed by atoms with van der Waals surface area (Å²) in [5, 5.41) is 11.2. The Bertz CT molecular complexity index is 2230. The van der Waals surface area contributed by atoms with Crippen molar-refractivity contribution in [3.63, 3.8) is 0 Å². The third-order valence-corrected chi connectivity index (χ3v) is 13.5. The average Bonchev–Trinajstić information content (AvgIpc) is 3.94. The van der Waals surface area contributed by atoms with E-state index in [-0.39, 0.29) is 11.3 Å². The van der Waals surface area contributed by atoms with Gasteiger partial charge in [0.2, 0.25) is 0 Å². The second-order valence-corrected chi connectivity index (χ2v) is 20.8. The molecule has 0 radical (unpaired) electrons. The van der Waals surface area contributed by atoms with Crippen molar-refractivity contribution < 1.29 is 22.7 Å². The number of aromatic nitrogens is 4. The summed E-state index contributed by atoms with van der Waals surface area (Å²) in [5.41, 5.74) is 4.50. The Labute approximate surface area is 417 Å². The fourth-order valence-electron chi connectivity index (χ4n) is 8.51. The highest BCUT2D eigenvalue weighted by molar-refractivity contribution is 7.82. The Morgan fingerprint density at radius 2 is 1.20 bits per heavy atom. The summed E-state index contributed by atoms with van der Waals surface area (Å²) < 4.78 is 37.4. The predicted octanol–water partition coefficient (Wildman–Crippen LogP) is 16.1. The van der Waals surface area contributed by atoms with E-state index >= 15 is 0 Å². The van der Waals surface area contributed by atoms with E-state index in [4.69, 9.17) is 23.7 Å². The van der Waals surface area contributed by atoms with Crippen molar-refractivity contribution in [3.8, 4) is 28.6 Å². The van der Waals surface area contributed by atoms with E-state index in [1.165, 1.54) is 122 Å². The van der Waals surface area contributed by atoms with Gasteiger partial charge in [0.1, 0.15) is 5.75 Å². The number of ether oxygens (including phenoxy) is 2. The van der Waals surface area contributed by atoms with E-state index in [0.717, 1.165) is 49.8 Å². The Kier molecular flexibility index (Phi) is 24.5. The second kappa shape index (κ2) is 30.7. The van der Waals surface area contributed by atoms with Gasteiger partial charge in [0.25, 0.3) is 5.91 Å². The van der Waals surface area contributed by atoms with Crippen molar-refractivity contribution in [1.29, 1.82) is 0 Å². The number of hydrogen-bond donors (Lipinski definition) is 3. The van der Waals surface area contributed by atoms with Crippen LogP contribution in [0.3, 0.4) is 0 Å². The molecule has 1 amide bonds. The Hall–Kier alpha value is -4.84. The summed E-state index contributed by atoms with van der Waals surface area (Å²) >= 11 is -2.06. The van der Waals surface area contributed by atoms with Gasteiger partial charge in [-0.05, 0) is 73.7 Å². The number of para-hydroxylation sites is 2. The number of anilines is 2. The first-order valence-corrected chi connectivity index (χ1v) is 27.9. The molecule has 3 N–H and O–H groups in total. The molecule has 3 aromatic carbocycles. The molecule has 11 nitrogen and oxygen atoms in total. The molecule has 1 unspecified atom stereocenters. The average molecular weight is 967 g/mol. The lowest BCUT2D eigenvalue weighted by Crippen LogP contribution is -2.16. The fourth-order valence-corrected chi connectivity index (χ4v) is 9.15. The number of amides is 1. The Balaban J connectivity index is 1.28. The molecular weight excluding hydrogens is 881 g/mol. The zero-order chi connectivity index (χ0) is 49.1. The Morgan fingerprint density at radius 1 is 0.638 bits per heavy atom. The molecule has 0 aliphatic carbocycles. The summed E-state index contributed by atoms with van der Waals surface area (Å²) in [6, 6.07) is 20.7. The molecule has 0 spiro atoms. The van der Waals surface area contributed by atoms with E-state index in [1.54, 1.807) is 22.8 Å². The molecule has 0 fully saturated rings. The van der Waals surface area contributed by atoms with Crippen molar-refractivity contribution in [2.45, 2.75) is 207 Å². The maximum absolute atomic E-state index is 14.2. The number of fused-ring (bicyclic) bond motifs is 1. The zero-order valence-corrected chi connectivity index (χ0v) is 44.1. The summed E-state index contributed by atoms with van der Waals surface area (Å²) in [5.74, 6) is 1.64. The van der Waals surface area contributed by atoms with E-state index in [1.807, 2.05) is 42.5 Å². The van der Waals surface area contributed by atoms with Gasteiger partial charge in [0, 0.05) is 28.3 Å². The van der Waals surface area contributed by atoms with Crippen molar-refractivity contribution in [3.05, 3.63) is 83.6 Å². The number of benzene rings is 3. The van der Waals surface area contributed by atoms with Crippen LogP contribution in [0.25, 0.3) is 17.0 Å². The highest BCUT2D eigenvalue weighted by Gasteiger charge is 2.21. The first-order chi connectivity index (χ1) is 33.6. The van der Waals surface area contributed by atoms with Gasteiger partial charge in [-0.15, -0.1) is 5.10 Å². The molecule has 380 valence electrons. The number of unbranched alkanes of at least 4 members (excludes halogenated alkanes) is 21. The van der Waals surface area contributed by atoms with Gasteiger partial charge in [-0.3, -0.25) is 14.6 Å². The number of carbonyl (C=O) groups is 1. The van der Waals surface area contributed by atoms with Gasteiger partial charge in [-0.1, -0.05) is 195 Å². The molecule has 1 atom stereocenters. The van der Waals surface area contributed by atoms with Crippen LogP contribution in [0.1, 0.15) is 217 Å². The number of H-pyrrole nitrogens is 1. The summed E-state index contributed by atoms with van der Waals surface area (Å²) in [4.78, 5) is 19.0. The smallest absolute Gasteiger partial charge is 0.316 e. The van der Waals surface area contributed by atoms with Crippen molar-refractivity contribution in [2.24, 2.45) is 0 Å². The molecule has 5 aromatic rings. The fraction of sp³-hybridized carbons (Fsp3) is 0.596. The lowest BCUT2D eigenvalue weighted by molar-refractivity contribution is 0.102. The third-order valence-electron chi connectivity index (χ3n) is 12.7. The van der Waals surface area contributed by atoms with Crippen molar-refractivity contribution in [2.75, 3.05) is 23.3 Å². The van der Waals surface area contributed by atoms with Crippen LogP contribution in [0.2, 0.25) is 0 Å². The molecule has 0 aliphatic heterocycles. The SMILES string of the molecule is CCCCCCCCCCCCCCOc1ccccc1NC(=O)c1cc(NS(=O)Oc2cc(CCCCCCCC)ccc2OCCCCCCCC)cc(-c2nc3cc(C(C)(C)C)[nH]n3n2)c1. The van der Waals surface area contributed by atoms with Crippen LogP contribution >= 0.6 is 0 Å². The standard InChI is InChI=1S/C57H86N6O5S/c1-7-10-13-16-19-20-21-22-23-24-27-31-38-66-50-35-30-29-34-49(50)58-56(64)47-41-46(55-59-54-44-53(57(4,5)6)60-63(54)61-55)42-48(43-47)62-69(65)68-52-40-45(33-28-25-17-14-11-8-2)36-37-51(52)67-39-32-26-18-15-12-9-3/h29-30,34-37,40-44,60,62H,7-28,31-33,38-39H2,1-6H3,(H,58,64). The van der Waals surface area contributed by atoms with Crippen molar-refractivity contribution in [1.82, 2.24) is 19.8 Å². The van der Waals surface area contributed by atoms with Crippen molar-refractivity contribution >= 4 is 34.2 Å². The quantitative estimate of drug-likeness (QED) is 0.0341. The number of aromatic amines is 1. The maximum atomic E-state index is 14.2. The molecule has 0 saturated carbocycles. The van der Waals surface area contributed by atoms with Crippen LogP contribution < -0.4 is 23.7 Å². The van der Waals surface area contributed by atoms with Gasteiger partial charge in [0.15, 0.2) is 23.0 Å².